The summed E-state index contributed by atoms with van der Waals surface area (Å²) in [5.41, 5.74) is 0.851. The first-order chi connectivity index (χ1) is 11.0. The second-order valence-corrected chi connectivity index (χ2v) is 6.81. The monoisotopic (exact) mass is 320 g/mol. The number of amides is 1. The Bertz CT molecular complexity index is 588. The molecule has 0 radical (unpaired) electrons. The van der Waals surface area contributed by atoms with E-state index in [9.17, 15) is 9.90 Å². The number of carbonyl (C=O) groups excluding carboxylic acids is 1. The van der Waals surface area contributed by atoms with E-state index in [1.54, 1.807) is 0 Å². The van der Waals surface area contributed by atoms with Gasteiger partial charge in [0.15, 0.2) is 11.5 Å². The number of carbonyl (C=O) groups is 1. The maximum absolute atomic E-state index is 12.2. The summed E-state index contributed by atoms with van der Waals surface area (Å²) in [7, 11) is 0. The van der Waals surface area contributed by atoms with E-state index in [1.807, 2.05) is 18.2 Å². The standard InChI is InChI=1S/C17H24N2O4/c1-17(2,10-19-16(21)13-8-12(20)9-18-13)11-3-4-14-15(7-11)23-6-5-22-14/h3-4,7,12-13,18,20H,5-6,8-10H2,1-2H3,(H,19,21)/t12-,13-/m0/s1. The number of hydrogen-bond acceptors (Lipinski definition) is 5. The number of ether oxygens (including phenoxy) is 2. The number of benzene rings is 1. The van der Waals surface area contributed by atoms with Crippen molar-refractivity contribution >= 4 is 5.91 Å². The van der Waals surface area contributed by atoms with E-state index in [-0.39, 0.29) is 17.4 Å². The van der Waals surface area contributed by atoms with Crippen molar-refractivity contribution in [2.45, 2.75) is 37.8 Å². The Morgan fingerprint density at radius 1 is 1.35 bits per heavy atom. The fraction of sp³-hybridized carbons (Fsp3) is 0.588. The Labute approximate surface area is 136 Å². The van der Waals surface area contributed by atoms with E-state index in [0.717, 1.165) is 17.1 Å². The molecule has 23 heavy (non-hydrogen) atoms. The fourth-order valence-corrected chi connectivity index (χ4v) is 2.91. The van der Waals surface area contributed by atoms with Gasteiger partial charge in [0.25, 0.3) is 0 Å². The molecule has 0 bridgehead atoms. The third-order valence-electron chi connectivity index (χ3n) is 4.45. The molecule has 2 atom stereocenters. The molecular formula is C17H24N2O4. The molecule has 0 spiro atoms. The number of aliphatic hydroxyl groups excluding tert-OH is 1. The highest BCUT2D eigenvalue weighted by molar-refractivity contribution is 5.82. The highest BCUT2D eigenvalue weighted by Gasteiger charge is 2.30. The average Bonchev–Trinajstić information content (AvgIpc) is 2.99. The molecule has 2 aliphatic heterocycles. The van der Waals surface area contributed by atoms with Crippen LogP contribution in [-0.4, -0.2) is 49.5 Å². The van der Waals surface area contributed by atoms with Crippen molar-refractivity contribution in [1.29, 1.82) is 0 Å². The Morgan fingerprint density at radius 2 is 2.09 bits per heavy atom. The largest absolute Gasteiger partial charge is 0.486 e. The zero-order chi connectivity index (χ0) is 16.4. The van der Waals surface area contributed by atoms with Crippen LogP contribution < -0.4 is 20.1 Å². The molecule has 0 unspecified atom stereocenters. The molecule has 2 heterocycles. The SMILES string of the molecule is CC(C)(CNC(=O)[C@@H]1C[C@H](O)CN1)c1ccc2c(c1)OCCO2. The van der Waals surface area contributed by atoms with Gasteiger partial charge in [-0.3, -0.25) is 4.79 Å². The first kappa shape index (κ1) is 16.1. The molecule has 0 aromatic heterocycles. The Balaban J connectivity index is 1.63. The van der Waals surface area contributed by atoms with Gasteiger partial charge in [0.1, 0.15) is 13.2 Å². The minimum Gasteiger partial charge on any atom is -0.486 e. The van der Waals surface area contributed by atoms with Crippen LogP contribution in [-0.2, 0) is 10.2 Å². The minimum absolute atomic E-state index is 0.0628. The number of hydrogen-bond donors (Lipinski definition) is 3. The summed E-state index contributed by atoms with van der Waals surface area (Å²) in [6.07, 6.45) is 0.0348. The molecule has 6 nitrogen and oxygen atoms in total. The van der Waals surface area contributed by atoms with Crippen LogP contribution >= 0.6 is 0 Å². The van der Waals surface area contributed by atoms with Crippen LogP contribution in [0.25, 0.3) is 0 Å². The summed E-state index contributed by atoms with van der Waals surface area (Å²) >= 11 is 0. The molecule has 1 saturated heterocycles. The van der Waals surface area contributed by atoms with Gasteiger partial charge in [-0.2, -0.15) is 0 Å². The lowest BCUT2D eigenvalue weighted by atomic mass is 9.84. The van der Waals surface area contributed by atoms with E-state index >= 15 is 0 Å². The van der Waals surface area contributed by atoms with Crippen LogP contribution in [0.2, 0.25) is 0 Å². The van der Waals surface area contributed by atoms with Crippen molar-refractivity contribution < 1.29 is 19.4 Å². The van der Waals surface area contributed by atoms with Gasteiger partial charge in [-0.05, 0) is 24.1 Å². The Hall–Kier alpha value is -1.79. The van der Waals surface area contributed by atoms with Gasteiger partial charge in [0.05, 0.1) is 12.1 Å². The molecule has 1 amide bonds. The van der Waals surface area contributed by atoms with Crippen LogP contribution in [0.4, 0.5) is 0 Å². The van der Waals surface area contributed by atoms with Crippen LogP contribution in [0.1, 0.15) is 25.8 Å². The number of β-amino-alcohol motifs (C(OH)–C–C–N with tert-alkyl or cyclic N) is 1. The second kappa shape index (κ2) is 6.37. The number of rotatable bonds is 4. The average molecular weight is 320 g/mol. The lowest BCUT2D eigenvalue weighted by molar-refractivity contribution is -0.123. The summed E-state index contributed by atoms with van der Waals surface area (Å²) in [4.78, 5) is 12.2. The van der Waals surface area contributed by atoms with Crippen molar-refractivity contribution in [2.75, 3.05) is 26.3 Å². The van der Waals surface area contributed by atoms with Crippen LogP contribution in [0, 0.1) is 0 Å². The van der Waals surface area contributed by atoms with Crippen molar-refractivity contribution in [3.63, 3.8) is 0 Å². The van der Waals surface area contributed by atoms with Crippen molar-refractivity contribution in [3.8, 4) is 11.5 Å². The molecule has 3 rings (SSSR count). The third kappa shape index (κ3) is 3.59. The van der Waals surface area contributed by atoms with Crippen molar-refractivity contribution in [1.82, 2.24) is 10.6 Å². The molecule has 0 aliphatic carbocycles. The molecule has 2 aliphatic rings. The topological polar surface area (TPSA) is 79.8 Å². The zero-order valence-electron chi connectivity index (χ0n) is 13.6. The third-order valence-corrected chi connectivity index (χ3v) is 4.45. The van der Waals surface area contributed by atoms with Crippen molar-refractivity contribution in [3.05, 3.63) is 23.8 Å². The van der Waals surface area contributed by atoms with Gasteiger partial charge in [0, 0.05) is 18.5 Å². The predicted molar refractivity (Wildman–Crippen MR) is 85.9 cm³/mol. The van der Waals surface area contributed by atoms with Gasteiger partial charge >= 0.3 is 0 Å². The fourth-order valence-electron chi connectivity index (χ4n) is 2.91. The number of aliphatic hydroxyl groups is 1. The van der Waals surface area contributed by atoms with E-state index in [4.69, 9.17) is 9.47 Å². The number of nitrogens with one attached hydrogen (secondary N) is 2. The van der Waals surface area contributed by atoms with Crippen LogP contribution in [0.3, 0.4) is 0 Å². The summed E-state index contributed by atoms with van der Waals surface area (Å²) in [6.45, 7) is 6.28. The van der Waals surface area contributed by atoms with Gasteiger partial charge in [-0.15, -0.1) is 0 Å². The normalized spacial score (nSPS) is 23.6. The molecule has 1 aromatic rings. The van der Waals surface area contributed by atoms with Crippen LogP contribution in [0.5, 0.6) is 11.5 Å². The quantitative estimate of drug-likeness (QED) is 0.756. The maximum atomic E-state index is 12.2. The Kier molecular flexibility index (Phi) is 4.46. The van der Waals surface area contributed by atoms with E-state index in [2.05, 4.69) is 24.5 Å². The van der Waals surface area contributed by atoms with Gasteiger partial charge in [-0.1, -0.05) is 19.9 Å². The molecule has 6 heteroatoms. The van der Waals surface area contributed by atoms with Crippen LogP contribution in [0.15, 0.2) is 18.2 Å². The lowest BCUT2D eigenvalue weighted by Crippen LogP contribution is -2.45. The summed E-state index contributed by atoms with van der Waals surface area (Å²) in [5.74, 6) is 1.46. The van der Waals surface area contributed by atoms with E-state index in [0.29, 0.717) is 32.7 Å². The van der Waals surface area contributed by atoms with E-state index in [1.165, 1.54) is 0 Å². The minimum atomic E-state index is -0.434. The molecule has 1 aromatic carbocycles. The summed E-state index contributed by atoms with van der Waals surface area (Å²) < 4.78 is 11.2. The van der Waals surface area contributed by atoms with E-state index < -0.39 is 6.10 Å². The summed E-state index contributed by atoms with van der Waals surface area (Å²) in [5, 5.41) is 15.5. The zero-order valence-corrected chi connectivity index (χ0v) is 13.6. The molecule has 3 N–H and O–H groups in total. The summed E-state index contributed by atoms with van der Waals surface area (Å²) in [6, 6.07) is 5.61. The Morgan fingerprint density at radius 3 is 2.78 bits per heavy atom. The molecular weight excluding hydrogens is 296 g/mol. The highest BCUT2D eigenvalue weighted by atomic mass is 16.6. The molecule has 1 fully saturated rings. The van der Waals surface area contributed by atoms with Gasteiger partial charge < -0.3 is 25.2 Å². The first-order valence-corrected chi connectivity index (χ1v) is 8.05. The first-order valence-electron chi connectivity index (χ1n) is 8.05. The second-order valence-electron chi connectivity index (χ2n) is 6.81. The predicted octanol–water partition coefficient (Wildman–Crippen LogP) is 0.574. The smallest absolute Gasteiger partial charge is 0.237 e. The van der Waals surface area contributed by atoms with Gasteiger partial charge in [-0.25, -0.2) is 0 Å². The molecule has 126 valence electrons. The number of fused-ring (bicyclic) bond motifs is 1. The van der Waals surface area contributed by atoms with Gasteiger partial charge in [0.2, 0.25) is 5.91 Å². The lowest BCUT2D eigenvalue weighted by Gasteiger charge is -2.28. The maximum Gasteiger partial charge on any atom is 0.237 e. The van der Waals surface area contributed by atoms with Crippen molar-refractivity contribution in [2.24, 2.45) is 0 Å². The highest BCUT2D eigenvalue weighted by Crippen LogP contribution is 2.34. The molecule has 0 saturated carbocycles.